The first-order valence-electron chi connectivity index (χ1n) is 8.48. The number of aliphatic hydroxyl groups excluding tert-OH is 1. The topological polar surface area (TPSA) is 62.1 Å². The molecule has 0 aromatic carbocycles. The van der Waals surface area contributed by atoms with E-state index in [1.54, 1.807) is 6.20 Å². The summed E-state index contributed by atoms with van der Waals surface area (Å²) >= 11 is 0. The molecular formula is C18H24N4O. The molecule has 5 heteroatoms. The van der Waals surface area contributed by atoms with Gasteiger partial charge in [0.25, 0.3) is 0 Å². The van der Waals surface area contributed by atoms with Crippen molar-refractivity contribution in [3.05, 3.63) is 36.2 Å². The summed E-state index contributed by atoms with van der Waals surface area (Å²) in [6.45, 7) is 3.32. The highest BCUT2D eigenvalue weighted by atomic mass is 16.3. The standard InChI is InChI=1S/C18H24N4O/c1-2-14-13-17(22-11-6-4-7-15(22)9-12-23)21-18(20-14)16-8-3-5-10-19-16/h3,5,8,10,13,15,23H,2,4,6-7,9,11-12H2,1H3. The van der Waals surface area contributed by atoms with Gasteiger partial charge in [-0.3, -0.25) is 4.98 Å². The Labute approximate surface area is 137 Å². The summed E-state index contributed by atoms with van der Waals surface area (Å²) in [7, 11) is 0. The number of aliphatic hydroxyl groups is 1. The predicted molar refractivity (Wildman–Crippen MR) is 91.3 cm³/mol. The van der Waals surface area contributed by atoms with Gasteiger partial charge in [-0.1, -0.05) is 13.0 Å². The summed E-state index contributed by atoms with van der Waals surface area (Å²) in [4.78, 5) is 16.1. The van der Waals surface area contributed by atoms with Crippen LogP contribution in [0.1, 0.15) is 38.3 Å². The molecule has 23 heavy (non-hydrogen) atoms. The van der Waals surface area contributed by atoms with E-state index in [1.807, 2.05) is 18.2 Å². The number of hydrogen-bond acceptors (Lipinski definition) is 5. The van der Waals surface area contributed by atoms with E-state index < -0.39 is 0 Å². The Bertz CT molecular complexity index is 630. The van der Waals surface area contributed by atoms with Gasteiger partial charge in [-0.15, -0.1) is 0 Å². The molecule has 122 valence electrons. The van der Waals surface area contributed by atoms with Gasteiger partial charge in [-0.05, 0) is 44.2 Å². The van der Waals surface area contributed by atoms with Crippen molar-refractivity contribution in [2.45, 2.75) is 45.1 Å². The smallest absolute Gasteiger partial charge is 0.180 e. The minimum absolute atomic E-state index is 0.222. The van der Waals surface area contributed by atoms with Gasteiger partial charge in [0, 0.05) is 37.2 Å². The normalized spacial score (nSPS) is 18.2. The molecule has 1 aliphatic rings. The number of aryl methyl sites for hydroxylation is 1. The molecule has 3 rings (SSSR count). The number of aromatic nitrogens is 3. The monoisotopic (exact) mass is 312 g/mol. The first kappa shape index (κ1) is 15.9. The van der Waals surface area contributed by atoms with Crippen molar-refractivity contribution in [1.29, 1.82) is 0 Å². The van der Waals surface area contributed by atoms with Crippen LogP contribution in [0.3, 0.4) is 0 Å². The fourth-order valence-electron chi connectivity index (χ4n) is 3.17. The highest BCUT2D eigenvalue weighted by Crippen LogP contribution is 2.27. The molecule has 0 aliphatic carbocycles. The Morgan fingerprint density at radius 2 is 2.17 bits per heavy atom. The highest BCUT2D eigenvalue weighted by molar-refractivity contribution is 5.54. The molecule has 0 spiro atoms. The second-order valence-corrected chi connectivity index (χ2v) is 5.96. The van der Waals surface area contributed by atoms with Gasteiger partial charge in [0.2, 0.25) is 0 Å². The van der Waals surface area contributed by atoms with Crippen LogP contribution < -0.4 is 4.90 Å². The predicted octanol–water partition coefficient (Wildman–Crippen LogP) is 2.84. The van der Waals surface area contributed by atoms with Crippen LogP contribution in [0.25, 0.3) is 11.5 Å². The van der Waals surface area contributed by atoms with E-state index in [4.69, 9.17) is 4.98 Å². The molecule has 1 saturated heterocycles. The van der Waals surface area contributed by atoms with Crippen molar-refractivity contribution in [3.8, 4) is 11.5 Å². The Balaban J connectivity index is 1.97. The molecule has 5 nitrogen and oxygen atoms in total. The van der Waals surface area contributed by atoms with E-state index in [0.717, 1.165) is 43.0 Å². The molecular weight excluding hydrogens is 288 g/mol. The molecule has 0 amide bonds. The molecule has 1 unspecified atom stereocenters. The third-order valence-corrected chi connectivity index (χ3v) is 4.41. The number of rotatable bonds is 5. The molecule has 1 fully saturated rings. The Morgan fingerprint density at radius 3 is 2.91 bits per heavy atom. The van der Waals surface area contributed by atoms with Crippen LogP contribution in [-0.2, 0) is 6.42 Å². The number of piperidine rings is 1. The summed E-state index contributed by atoms with van der Waals surface area (Å²) < 4.78 is 0. The fourth-order valence-corrected chi connectivity index (χ4v) is 3.17. The Morgan fingerprint density at radius 1 is 1.26 bits per heavy atom. The minimum Gasteiger partial charge on any atom is -0.396 e. The number of nitrogens with zero attached hydrogens (tertiary/aromatic N) is 4. The maximum Gasteiger partial charge on any atom is 0.180 e. The summed E-state index contributed by atoms with van der Waals surface area (Å²) in [5.74, 6) is 1.66. The molecule has 2 aromatic rings. The average Bonchev–Trinajstić information content (AvgIpc) is 2.63. The zero-order chi connectivity index (χ0) is 16.1. The summed E-state index contributed by atoms with van der Waals surface area (Å²) in [5, 5.41) is 9.35. The highest BCUT2D eigenvalue weighted by Gasteiger charge is 2.24. The van der Waals surface area contributed by atoms with Crippen molar-refractivity contribution in [3.63, 3.8) is 0 Å². The minimum atomic E-state index is 0.222. The van der Waals surface area contributed by atoms with Gasteiger partial charge >= 0.3 is 0 Å². The first-order valence-corrected chi connectivity index (χ1v) is 8.48. The zero-order valence-corrected chi connectivity index (χ0v) is 13.6. The van der Waals surface area contributed by atoms with Gasteiger partial charge in [-0.25, -0.2) is 9.97 Å². The van der Waals surface area contributed by atoms with Gasteiger partial charge in [-0.2, -0.15) is 0 Å². The van der Waals surface area contributed by atoms with Crippen LogP contribution in [0, 0.1) is 0 Å². The average molecular weight is 312 g/mol. The van der Waals surface area contributed by atoms with Crippen molar-refractivity contribution in [2.24, 2.45) is 0 Å². The van der Waals surface area contributed by atoms with Crippen LogP contribution >= 0.6 is 0 Å². The molecule has 3 heterocycles. The van der Waals surface area contributed by atoms with Crippen LogP contribution in [0.2, 0.25) is 0 Å². The summed E-state index contributed by atoms with van der Waals surface area (Å²) in [6.07, 6.45) is 6.95. The summed E-state index contributed by atoms with van der Waals surface area (Å²) in [5.41, 5.74) is 1.84. The van der Waals surface area contributed by atoms with Crippen LogP contribution in [0.5, 0.6) is 0 Å². The lowest BCUT2D eigenvalue weighted by molar-refractivity contribution is 0.262. The third-order valence-electron chi connectivity index (χ3n) is 4.41. The maximum absolute atomic E-state index is 9.35. The number of anilines is 1. The molecule has 1 atom stereocenters. The SMILES string of the molecule is CCc1cc(N2CCCCC2CCO)nc(-c2ccccn2)n1. The lowest BCUT2D eigenvalue weighted by Crippen LogP contribution is -2.40. The van der Waals surface area contributed by atoms with Gasteiger partial charge in [0.05, 0.1) is 0 Å². The van der Waals surface area contributed by atoms with E-state index in [0.29, 0.717) is 11.9 Å². The van der Waals surface area contributed by atoms with Crippen LogP contribution in [0.4, 0.5) is 5.82 Å². The van der Waals surface area contributed by atoms with Gasteiger partial charge < -0.3 is 10.0 Å². The lowest BCUT2D eigenvalue weighted by atomic mass is 9.99. The van der Waals surface area contributed by atoms with E-state index in [-0.39, 0.29) is 6.61 Å². The molecule has 0 bridgehead atoms. The lowest BCUT2D eigenvalue weighted by Gasteiger charge is -2.36. The quantitative estimate of drug-likeness (QED) is 0.920. The van der Waals surface area contributed by atoms with Crippen molar-refractivity contribution < 1.29 is 5.11 Å². The van der Waals surface area contributed by atoms with Crippen molar-refractivity contribution in [2.75, 3.05) is 18.1 Å². The Hall–Kier alpha value is -2.01. The summed E-state index contributed by atoms with van der Waals surface area (Å²) in [6, 6.07) is 8.25. The zero-order valence-electron chi connectivity index (χ0n) is 13.6. The first-order chi connectivity index (χ1) is 11.3. The number of pyridine rings is 1. The maximum atomic E-state index is 9.35. The molecule has 2 aromatic heterocycles. The molecule has 1 aliphatic heterocycles. The fraction of sp³-hybridized carbons (Fsp3) is 0.500. The largest absolute Gasteiger partial charge is 0.396 e. The van der Waals surface area contributed by atoms with Crippen LogP contribution in [0.15, 0.2) is 30.5 Å². The Kier molecular flexibility index (Phi) is 5.18. The second kappa shape index (κ2) is 7.51. The van der Waals surface area contributed by atoms with Crippen molar-refractivity contribution >= 4 is 5.82 Å². The van der Waals surface area contributed by atoms with E-state index in [2.05, 4.69) is 27.9 Å². The molecule has 1 N–H and O–H groups in total. The second-order valence-electron chi connectivity index (χ2n) is 5.96. The van der Waals surface area contributed by atoms with E-state index >= 15 is 0 Å². The van der Waals surface area contributed by atoms with E-state index in [1.165, 1.54) is 12.8 Å². The van der Waals surface area contributed by atoms with E-state index in [9.17, 15) is 5.11 Å². The van der Waals surface area contributed by atoms with Crippen LogP contribution in [-0.4, -0.2) is 39.3 Å². The van der Waals surface area contributed by atoms with Gasteiger partial charge in [0.1, 0.15) is 11.5 Å². The number of hydrogen-bond donors (Lipinski definition) is 1. The van der Waals surface area contributed by atoms with Crippen molar-refractivity contribution in [1.82, 2.24) is 15.0 Å². The molecule has 0 radical (unpaired) electrons. The van der Waals surface area contributed by atoms with Gasteiger partial charge in [0.15, 0.2) is 5.82 Å². The molecule has 0 saturated carbocycles. The third kappa shape index (κ3) is 3.67.